The lowest BCUT2D eigenvalue weighted by molar-refractivity contribution is 0.108. The Labute approximate surface area is 73.4 Å². The Hall–Kier alpha value is -1.40. The molecule has 0 heterocycles. The molecule has 0 aliphatic rings. The van der Waals surface area contributed by atoms with Crippen LogP contribution in [0.15, 0.2) is 18.2 Å². The minimum absolute atomic E-state index is 0.0570. The van der Waals surface area contributed by atoms with Crippen LogP contribution < -0.4 is 0 Å². The molecule has 0 fully saturated rings. The third-order valence-electron chi connectivity index (χ3n) is 1.30. The van der Waals surface area contributed by atoms with E-state index in [1.807, 2.05) is 0 Å². The van der Waals surface area contributed by atoms with Crippen molar-refractivity contribution < 1.29 is 9.18 Å². The lowest BCUT2D eigenvalue weighted by atomic mass is 10.2. The SMILES string of the molecule is [C-]#[N+]c1ccc(C(=O)Cl)cc1F. The Morgan fingerprint density at radius 1 is 1.58 bits per heavy atom. The van der Waals surface area contributed by atoms with Gasteiger partial charge in [-0.2, -0.15) is 0 Å². The molecular formula is C8H3ClFNO. The van der Waals surface area contributed by atoms with E-state index in [1.165, 1.54) is 12.1 Å². The van der Waals surface area contributed by atoms with Crippen molar-refractivity contribution in [1.82, 2.24) is 0 Å². The summed E-state index contributed by atoms with van der Waals surface area (Å²) in [6.45, 7) is 6.53. The van der Waals surface area contributed by atoms with Gasteiger partial charge in [0, 0.05) is 5.56 Å². The van der Waals surface area contributed by atoms with Crippen molar-refractivity contribution in [1.29, 1.82) is 0 Å². The van der Waals surface area contributed by atoms with Crippen LogP contribution in [-0.4, -0.2) is 5.24 Å². The van der Waals surface area contributed by atoms with E-state index >= 15 is 0 Å². The van der Waals surface area contributed by atoms with Crippen molar-refractivity contribution in [2.24, 2.45) is 0 Å². The highest BCUT2D eigenvalue weighted by atomic mass is 35.5. The first-order valence-corrected chi connectivity index (χ1v) is 3.40. The molecule has 4 heteroatoms. The largest absolute Gasteiger partial charge is 0.276 e. The van der Waals surface area contributed by atoms with Crippen LogP contribution in [0.5, 0.6) is 0 Å². The molecule has 0 bridgehead atoms. The zero-order valence-corrected chi connectivity index (χ0v) is 6.60. The average molecular weight is 184 g/mol. The van der Waals surface area contributed by atoms with Crippen molar-refractivity contribution in [3.63, 3.8) is 0 Å². The molecule has 0 aliphatic carbocycles. The molecule has 12 heavy (non-hydrogen) atoms. The van der Waals surface area contributed by atoms with Crippen molar-refractivity contribution in [2.45, 2.75) is 0 Å². The van der Waals surface area contributed by atoms with E-state index in [0.29, 0.717) is 0 Å². The van der Waals surface area contributed by atoms with Crippen LogP contribution in [-0.2, 0) is 0 Å². The van der Waals surface area contributed by atoms with Crippen LogP contribution >= 0.6 is 11.6 Å². The highest BCUT2D eigenvalue weighted by Crippen LogP contribution is 2.19. The van der Waals surface area contributed by atoms with Crippen LogP contribution in [0.25, 0.3) is 4.85 Å². The molecular weight excluding hydrogens is 181 g/mol. The minimum Gasteiger partial charge on any atom is -0.276 e. The van der Waals surface area contributed by atoms with Gasteiger partial charge >= 0.3 is 0 Å². The Bertz CT molecular complexity index is 370. The van der Waals surface area contributed by atoms with E-state index in [-0.39, 0.29) is 11.3 Å². The minimum atomic E-state index is -0.731. The maximum Gasteiger partial charge on any atom is 0.252 e. The second-order valence-electron chi connectivity index (χ2n) is 2.05. The lowest BCUT2D eigenvalue weighted by Crippen LogP contribution is -1.88. The van der Waals surface area contributed by atoms with Gasteiger partial charge in [-0.1, -0.05) is 12.1 Å². The third-order valence-corrected chi connectivity index (χ3v) is 1.51. The van der Waals surface area contributed by atoms with Crippen molar-refractivity contribution in [3.05, 3.63) is 41.0 Å². The fourth-order valence-electron chi connectivity index (χ4n) is 0.720. The topological polar surface area (TPSA) is 21.4 Å². The molecule has 1 rings (SSSR count). The number of hydrogen-bond donors (Lipinski definition) is 0. The molecule has 0 spiro atoms. The maximum absolute atomic E-state index is 12.8. The van der Waals surface area contributed by atoms with Gasteiger partial charge < -0.3 is 0 Å². The average Bonchev–Trinajstić information content (AvgIpc) is 2.04. The first kappa shape index (κ1) is 8.69. The van der Waals surface area contributed by atoms with Gasteiger partial charge in [0.15, 0.2) is 0 Å². The van der Waals surface area contributed by atoms with Gasteiger partial charge in [-0.05, 0) is 17.7 Å². The van der Waals surface area contributed by atoms with E-state index in [1.54, 1.807) is 0 Å². The van der Waals surface area contributed by atoms with Gasteiger partial charge in [0.25, 0.3) is 5.24 Å². The highest BCUT2D eigenvalue weighted by Gasteiger charge is 2.06. The fraction of sp³-hybridized carbons (Fsp3) is 0. The van der Waals surface area contributed by atoms with Crippen LogP contribution in [0.2, 0.25) is 0 Å². The van der Waals surface area contributed by atoms with E-state index < -0.39 is 11.1 Å². The molecule has 0 unspecified atom stereocenters. The van der Waals surface area contributed by atoms with Crippen LogP contribution in [0.3, 0.4) is 0 Å². The van der Waals surface area contributed by atoms with Crippen LogP contribution in [0.1, 0.15) is 10.4 Å². The Balaban J connectivity index is 3.21. The number of carbonyl (C=O) groups excluding carboxylic acids is 1. The summed E-state index contributed by atoms with van der Waals surface area (Å²) >= 11 is 5.09. The summed E-state index contributed by atoms with van der Waals surface area (Å²) in [5.74, 6) is -0.725. The summed E-state index contributed by atoms with van der Waals surface area (Å²) in [6, 6.07) is 3.48. The molecule has 0 saturated carbocycles. The number of carbonyl (C=O) groups is 1. The number of hydrogen-bond acceptors (Lipinski definition) is 1. The van der Waals surface area contributed by atoms with E-state index in [4.69, 9.17) is 18.2 Å². The molecule has 0 saturated heterocycles. The van der Waals surface area contributed by atoms with Gasteiger partial charge in [-0.3, -0.25) is 4.79 Å². The first-order valence-electron chi connectivity index (χ1n) is 3.02. The molecule has 60 valence electrons. The van der Waals surface area contributed by atoms with Crippen molar-refractivity contribution in [3.8, 4) is 0 Å². The second-order valence-corrected chi connectivity index (χ2v) is 2.39. The van der Waals surface area contributed by atoms with E-state index in [2.05, 4.69) is 4.85 Å². The molecule has 1 aromatic carbocycles. The lowest BCUT2D eigenvalue weighted by Gasteiger charge is -1.95. The van der Waals surface area contributed by atoms with Gasteiger partial charge in [-0.15, -0.1) is 0 Å². The summed E-state index contributed by atoms with van der Waals surface area (Å²) in [7, 11) is 0. The van der Waals surface area contributed by atoms with Crippen LogP contribution in [0, 0.1) is 12.4 Å². The van der Waals surface area contributed by atoms with E-state index in [9.17, 15) is 9.18 Å². The number of benzene rings is 1. The summed E-state index contributed by atoms with van der Waals surface area (Å²) in [6.07, 6.45) is 0. The molecule has 2 nitrogen and oxygen atoms in total. The zero-order chi connectivity index (χ0) is 9.14. The van der Waals surface area contributed by atoms with Crippen molar-refractivity contribution >= 4 is 22.5 Å². The highest BCUT2D eigenvalue weighted by molar-refractivity contribution is 6.67. The maximum atomic E-state index is 12.8. The fourth-order valence-corrected chi connectivity index (χ4v) is 0.837. The summed E-state index contributed by atoms with van der Waals surface area (Å²) in [5, 5.41) is -0.731. The first-order chi connectivity index (χ1) is 5.65. The standard InChI is InChI=1S/C8H3ClFNO/c1-11-7-3-2-5(8(9)12)4-6(7)10/h2-4H. The summed E-state index contributed by atoms with van der Waals surface area (Å²) in [5.41, 5.74) is -0.0572. The smallest absolute Gasteiger partial charge is 0.252 e. The Morgan fingerprint density at radius 3 is 2.67 bits per heavy atom. The zero-order valence-electron chi connectivity index (χ0n) is 5.84. The predicted octanol–water partition coefficient (Wildman–Crippen LogP) is 2.76. The number of halogens is 2. The van der Waals surface area contributed by atoms with Crippen LogP contribution in [0.4, 0.5) is 10.1 Å². The molecule has 0 atom stereocenters. The molecule has 0 amide bonds. The molecule has 0 aromatic heterocycles. The summed E-state index contributed by atoms with van der Waals surface area (Å²) < 4.78 is 12.8. The second kappa shape index (κ2) is 3.33. The van der Waals surface area contributed by atoms with Crippen molar-refractivity contribution in [2.75, 3.05) is 0 Å². The Kier molecular flexibility index (Phi) is 2.41. The number of nitrogens with zero attached hydrogens (tertiary/aromatic N) is 1. The molecule has 0 aliphatic heterocycles. The Morgan fingerprint density at radius 2 is 2.25 bits per heavy atom. The van der Waals surface area contributed by atoms with E-state index in [0.717, 1.165) is 6.07 Å². The monoisotopic (exact) mass is 183 g/mol. The molecule has 1 aromatic rings. The number of rotatable bonds is 1. The molecule has 0 N–H and O–H groups in total. The van der Waals surface area contributed by atoms with Gasteiger partial charge in [0.2, 0.25) is 5.69 Å². The van der Waals surface area contributed by atoms with Gasteiger partial charge in [0.1, 0.15) is 5.82 Å². The quantitative estimate of drug-likeness (QED) is 0.485. The van der Waals surface area contributed by atoms with Gasteiger partial charge in [0.05, 0.1) is 6.57 Å². The molecule has 0 radical (unpaired) electrons. The third kappa shape index (κ3) is 1.60. The predicted molar refractivity (Wildman–Crippen MR) is 42.8 cm³/mol. The summed E-state index contributed by atoms with van der Waals surface area (Å²) in [4.78, 5) is 13.4. The normalized spacial score (nSPS) is 9.08. The van der Waals surface area contributed by atoms with Gasteiger partial charge in [-0.25, -0.2) is 9.24 Å².